The van der Waals surface area contributed by atoms with Crippen LogP contribution in [0.5, 0.6) is 5.75 Å². The first kappa shape index (κ1) is 19.9. The molecule has 3 rings (SSSR count). The molecule has 0 atom stereocenters. The summed E-state index contributed by atoms with van der Waals surface area (Å²) >= 11 is 0. The number of para-hydroxylation sites is 2. The molecular formula is C22H21N3O4. The molecule has 7 heteroatoms. The van der Waals surface area contributed by atoms with Gasteiger partial charge in [-0.3, -0.25) is 4.79 Å². The first-order valence-electron chi connectivity index (χ1n) is 9.12. The van der Waals surface area contributed by atoms with Crippen LogP contribution in [0.3, 0.4) is 0 Å². The fourth-order valence-corrected chi connectivity index (χ4v) is 2.52. The summed E-state index contributed by atoms with van der Waals surface area (Å²) in [5.74, 6) is 0.461. The highest BCUT2D eigenvalue weighted by Gasteiger charge is 2.12. The van der Waals surface area contributed by atoms with Crippen molar-refractivity contribution in [3.63, 3.8) is 0 Å². The van der Waals surface area contributed by atoms with Gasteiger partial charge in [0, 0.05) is 0 Å². The number of esters is 1. The summed E-state index contributed by atoms with van der Waals surface area (Å²) in [5.41, 5.74) is 1.55. The number of benzene rings is 2. The van der Waals surface area contributed by atoms with Crippen molar-refractivity contribution in [1.82, 2.24) is 4.98 Å². The quantitative estimate of drug-likeness (QED) is 0.564. The Hall–Kier alpha value is -3.87. The summed E-state index contributed by atoms with van der Waals surface area (Å²) < 4.78 is 10.5. The van der Waals surface area contributed by atoms with Gasteiger partial charge in [0.05, 0.1) is 29.7 Å². The molecule has 1 aromatic heterocycles. The fourth-order valence-electron chi connectivity index (χ4n) is 2.52. The molecule has 0 spiro atoms. The SMILES string of the molecule is CCOC(=O)c1ccccc1Nc1ccc(NC(=O)COc2ccccc2)cn1. The maximum Gasteiger partial charge on any atom is 0.340 e. The Morgan fingerprint density at radius 3 is 2.45 bits per heavy atom. The van der Waals surface area contributed by atoms with E-state index in [1.54, 1.807) is 49.4 Å². The van der Waals surface area contributed by atoms with Gasteiger partial charge in [0.1, 0.15) is 11.6 Å². The maximum atomic E-state index is 12.1. The van der Waals surface area contributed by atoms with E-state index in [9.17, 15) is 9.59 Å². The average molecular weight is 391 g/mol. The first-order valence-corrected chi connectivity index (χ1v) is 9.12. The molecule has 0 aliphatic rings. The highest BCUT2D eigenvalue weighted by molar-refractivity contribution is 5.96. The number of pyridine rings is 1. The number of amides is 1. The van der Waals surface area contributed by atoms with Crippen molar-refractivity contribution < 1.29 is 19.1 Å². The number of rotatable bonds is 8. The number of nitrogens with one attached hydrogen (secondary N) is 2. The Morgan fingerprint density at radius 2 is 1.72 bits per heavy atom. The molecule has 0 saturated carbocycles. The summed E-state index contributed by atoms with van der Waals surface area (Å²) in [4.78, 5) is 28.3. The van der Waals surface area contributed by atoms with Crippen LogP contribution in [0.1, 0.15) is 17.3 Å². The van der Waals surface area contributed by atoms with E-state index in [2.05, 4.69) is 15.6 Å². The second kappa shape index (κ2) is 9.89. The Morgan fingerprint density at radius 1 is 0.966 bits per heavy atom. The lowest BCUT2D eigenvalue weighted by Crippen LogP contribution is -2.20. The summed E-state index contributed by atoms with van der Waals surface area (Å²) in [6.07, 6.45) is 1.52. The molecule has 0 fully saturated rings. The molecule has 0 aliphatic heterocycles. The molecule has 0 aliphatic carbocycles. The monoisotopic (exact) mass is 391 g/mol. The van der Waals surface area contributed by atoms with Crippen LogP contribution in [0.15, 0.2) is 72.9 Å². The average Bonchev–Trinajstić information content (AvgIpc) is 2.75. The fraction of sp³-hybridized carbons (Fsp3) is 0.136. The Bertz CT molecular complexity index is 959. The molecule has 0 saturated heterocycles. The normalized spacial score (nSPS) is 10.1. The van der Waals surface area contributed by atoms with Gasteiger partial charge in [-0.1, -0.05) is 30.3 Å². The van der Waals surface area contributed by atoms with E-state index in [1.807, 2.05) is 24.3 Å². The molecular weight excluding hydrogens is 370 g/mol. The molecule has 0 unspecified atom stereocenters. The molecule has 2 aromatic carbocycles. The van der Waals surface area contributed by atoms with Gasteiger partial charge in [-0.2, -0.15) is 0 Å². The number of anilines is 3. The molecule has 0 radical (unpaired) electrons. The molecule has 3 aromatic rings. The number of carbonyl (C=O) groups is 2. The van der Waals surface area contributed by atoms with Crippen LogP contribution in [0.2, 0.25) is 0 Å². The highest BCUT2D eigenvalue weighted by Crippen LogP contribution is 2.21. The Labute approximate surface area is 168 Å². The van der Waals surface area contributed by atoms with Gasteiger partial charge < -0.3 is 20.1 Å². The minimum Gasteiger partial charge on any atom is -0.484 e. The van der Waals surface area contributed by atoms with Gasteiger partial charge in [0.25, 0.3) is 5.91 Å². The standard InChI is InChI=1S/C22H21N3O4/c1-2-28-22(27)18-10-6-7-11-19(18)25-20-13-12-16(14-23-20)24-21(26)15-29-17-8-4-3-5-9-17/h3-14H,2,15H2,1H3,(H,23,25)(H,24,26). The molecule has 7 nitrogen and oxygen atoms in total. The van der Waals surface area contributed by atoms with Crippen LogP contribution < -0.4 is 15.4 Å². The van der Waals surface area contributed by atoms with Crippen LogP contribution in [-0.4, -0.2) is 30.1 Å². The topological polar surface area (TPSA) is 89.6 Å². The van der Waals surface area contributed by atoms with Gasteiger partial charge in [0.2, 0.25) is 0 Å². The minimum atomic E-state index is -0.405. The van der Waals surface area contributed by atoms with Crippen molar-refractivity contribution >= 4 is 29.1 Å². The van der Waals surface area contributed by atoms with Gasteiger partial charge in [-0.25, -0.2) is 9.78 Å². The van der Waals surface area contributed by atoms with Crippen molar-refractivity contribution in [1.29, 1.82) is 0 Å². The molecule has 2 N–H and O–H groups in total. The number of ether oxygens (including phenoxy) is 2. The lowest BCUT2D eigenvalue weighted by molar-refractivity contribution is -0.118. The van der Waals surface area contributed by atoms with Gasteiger partial charge in [-0.05, 0) is 43.3 Å². The third-order valence-corrected chi connectivity index (χ3v) is 3.85. The lowest BCUT2D eigenvalue weighted by atomic mass is 10.2. The van der Waals surface area contributed by atoms with E-state index in [1.165, 1.54) is 6.20 Å². The van der Waals surface area contributed by atoms with Crippen LogP contribution in [0, 0.1) is 0 Å². The summed E-state index contributed by atoms with van der Waals surface area (Å²) in [6.45, 7) is 1.96. The summed E-state index contributed by atoms with van der Waals surface area (Å²) in [6, 6.07) is 19.6. The zero-order valence-electron chi connectivity index (χ0n) is 15.9. The van der Waals surface area contributed by atoms with E-state index in [0.29, 0.717) is 35.1 Å². The predicted molar refractivity (Wildman–Crippen MR) is 110 cm³/mol. The zero-order chi connectivity index (χ0) is 20.5. The highest BCUT2D eigenvalue weighted by atomic mass is 16.5. The largest absolute Gasteiger partial charge is 0.484 e. The summed E-state index contributed by atoms with van der Waals surface area (Å²) in [7, 11) is 0. The van der Waals surface area contributed by atoms with Crippen LogP contribution in [0.25, 0.3) is 0 Å². The smallest absolute Gasteiger partial charge is 0.340 e. The third-order valence-electron chi connectivity index (χ3n) is 3.85. The van der Waals surface area contributed by atoms with Crippen LogP contribution in [-0.2, 0) is 9.53 Å². The van der Waals surface area contributed by atoms with Crippen LogP contribution >= 0.6 is 0 Å². The molecule has 29 heavy (non-hydrogen) atoms. The number of carbonyl (C=O) groups excluding carboxylic acids is 2. The number of nitrogens with zero attached hydrogens (tertiary/aromatic N) is 1. The van der Waals surface area contributed by atoms with Crippen molar-refractivity contribution in [2.45, 2.75) is 6.92 Å². The Kier molecular flexibility index (Phi) is 6.78. The van der Waals surface area contributed by atoms with Gasteiger partial charge in [-0.15, -0.1) is 0 Å². The number of aromatic nitrogens is 1. The van der Waals surface area contributed by atoms with Crippen molar-refractivity contribution in [2.24, 2.45) is 0 Å². The van der Waals surface area contributed by atoms with E-state index in [0.717, 1.165) is 0 Å². The molecule has 148 valence electrons. The minimum absolute atomic E-state index is 0.100. The molecule has 0 bridgehead atoms. The summed E-state index contributed by atoms with van der Waals surface area (Å²) in [5, 5.41) is 5.81. The Balaban J connectivity index is 1.58. The number of hydrogen-bond donors (Lipinski definition) is 2. The predicted octanol–water partition coefficient (Wildman–Crippen LogP) is 4.02. The van der Waals surface area contributed by atoms with E-state index in [4.69, 9.17) is 9.47 Å². The first-order chi connectivity index (χ1) is 14.2. The van der Waals surface area contributed by atoms with E-state index in [-0.39, 0.29) is 12.5 Å². The van der Waals surface area contributed by atoms with E-state index >= 15 is 0 Å². The lowest BCUT2D eigenvalue weighted by Gasteiger charge is -2.11. The molecule has 1 heterocycles. The van der Waals surface area contributed by atoms with Crippen molar-refractivity contribution in [3.05, 3.63) is 78.5 Å². The number of hydrogen-bond acceptors (Lipinski definition) is 6. The third kappa shape index (κ3) is 5.80. The van der Waals surface area contributed by atoms with Crippen LogP contribution in [0.4, 0.5) is 17.2 Å². The second-order valence-electron chi connectivity index (χ2n) is 5.97. The maximum absolute atomic E-state index is 12.1. The van der Waals surface area contributed by atoms with Gasteiger partial charge in [0.15, 0.2) is 6.61 Å². The zero-order valence-corrected chi connectivity index (χ0v) is 15.9. The van der Waals surface area contributed by atoms with Crippen molar-refractivity contribution in [2.75, 3.05) is 23.8 Å². The van der Waals surface area contributed by atoms with Crippen molar-refractivity contribution in [3.8, 4) is 5.75 Å². The molecule has 1 amide bonds. The van der Waals surface area contributed by atoms with Gasteiger partial charge >= 0.3 is 5.97 Å². The van der Waals surface area contributed by atoms with E-state index < -0.39 is 5.97 Å². The second-order valence-corrected chi connectivity index (χ2v) is 5.97.